The van der Waals surface area contributed by atoms with Crippen molar-refractivity contribution in [1.82, 2.24) is 19.6 Å². The molecule has 1 aliphatic rings. The smallest absolute Gasteiger partial charge is 0.310 e. The summed E-state index contributed by atoms with van der Waals surface area (Å²) in [5.41, 5.74) is 0.979. The molecule has 0 amide bonds. The van der Waals surface area contributed by atoms with Gasteiger partial charge in [-0.15, -0.1) is 0 Å². The lowest BCUT2D eigenvalue weighted by molar-refractivity contribution is 0.364. The Labute approximate surface area is 157 Å². The Morgan fingerprint density at radius 2 is 1.75 bits per heavy atom. The fourth-order valence-corrected chi connectivity index (χ4v) is 3.89. The number of nitrogens with zero attached hydrogens (tertiary/aromatic N) is 4. The van der Waals surface area contributed by atoms with Crippen LogP contribution in [-0.2, 0) is 0 Å². The van der Waals surface area contributed by atoms with Crippen molar-refractivity contribution < 1.29 is 19.4 Å². The van der Waals surface area contributed by atoms with E-state index in [9.17, 15) is 19.4 Å². The van der Waals surface area contributed by atoms with Gasteiger partial charge in [0.1, 0.15) is 17.0 Å². The summed E-state index contributed by atoms with van der Waals surface area (Å²) in [4.78, 5) is 6.41. The Morgan fingerprint density at radius 3 is 2.32 bits per heavy atom. The molecule has 11 heteroatoms. The zero-order valence-electron chi connectivity index (χ0n) is 15.0. The maximum atomic E-state index is 13.0. The van der Waals surface area contributed by atoms with Crippen LogP contribution in [0, 0.1) is 12.3 Å². The molecule has 0 bridgehead atoms. The molecule has 0 radical (unpaired) electrons. The summed E-state index contributed by atoms with van der Waals surface area (Å²) in [7, 11) is -9.69. The summed E-state index contributed by atoms with van der Waals surface area (Å²) in [6.07, 6.45) is 3.07. The van der Waals surface area contributed by atoms with Gasteiger partial charge < -0.3 is 5.32 Å². The predicted octanol–water partition coefficient (Wildman–Crippen LogP) is 6.04. The quantitative estimate of drug-likeness (QED) is 0.512. The number of aromatic nitrogens is 4. The van der Waals surface area contributed by atoms with Gasteiger partial charge in [-0.1, -0.05) is 38.5 Å². The second kappa shape index (κ2) is 5.13. The van der Waals surface area contributed by atoms with Gasteiger partial charge in [-0.05, 0) is 42.9 Å². The molecule has 0 saturated heterocycles. The normalized spacial score (nSPS) is 19.7. The molecule has 0 aliphatic heterocycles. The van der Waals surface area contributed by atoms with Gasteiger partial charge in [-0.3, -0.25) is 0 Å². The first-order valence-electron chi connectivity index (χ1n) is 8.53. The van der Waals surface area contributed by atoms with Crippen molar-refractivity contribution in [3.05, 3.63) is 47.9 Å². The van der Waals surface area contributed by atoms with Gasteiger partial charge in [-0.25, -0.2) is 4.98 Å². The lowest BCUT2D eigenvalue weighted by Crippen LogP contribution is -2.22. The van der Waals surface area contributed by atoms with Crippen LogP contribution in [0.4, 0.5) is 25.2 Å². The van der Waals surface area contributed by atoms with Crippen molar-refractivity contribution in [1.29, 1.82) is 0 Å². The minimum Gasteiger partial charge on any atom is -0.362 e. The Bertz CT molecular complexity index is 1060. The van der Waals surface area contributed by atoms with E-state index < -0.39 is 15.1 Å². The summed E-state index contributed by atoms with van der Waals surface area (Å²) < 4.78 is 66.6. The van der Waals surface area contributed by atoms with Crippen molar-refractivity contribution in [3.8, 4) is 0 Å². The molecule has 4 rings (SSSR count). The highest BCUT2D eigenvalue weighted by atomic mass is 32.5. The van der Waals surface area contributed by atoms with E-state index in [2.05, 4.69) is 20.4 Å². The highest BCUT2D eigenvalue weighted by Crippen LogP contribution is 3.02. The SMILES string of the molecule is Cc1cc(N[C@@H](c2ccc(S(F)(F)(F)(F)F)cc2)C2(C)CC2)n2ncnc2n1. The van der Waals surface area contributed by atoms with Crippen LogP contribution in [0.5, 0.6) is 0 Å². The standard InChI is InChI=1S/C17H18F5N5S/c1-11-9-14(27-16(25-11)23-10-24-27)26-15(17(2)7-8-17)12-3-5-13(6-4-12)28(18,19,20,21)22/h3-6,9-10,15,26H,7-8H2,1-2H3/t15-/m0/s1. The summed E-state index contributed by atoms with van der Waals surface area (Å²) in [5, 5.41) is 7.42. The number of hydrogen-bond acceptors (Lipinski definition) is 4. The molecule has 3 aromatic rings. The number of benzene rings is 1. The first-order chi connectivity index (χ1) is 12.7. The average molecular weight is 419 g/mol. The Balaban J connectivity index is 1.73. The van der Waals surface area contributed by atoms with Crippen LogP contribution < -0.4 is 5.32 Å². The molecule has 28 heavy (non-hydrogen) atoms. The molecule has 1 saturated carbocycles. The number of rotatable bonds is 5. The van der Waals surface area contributed by atoms with Crippen molar-refractivity contribution in [2.75, 3.05) is 5.32 Å². The minimum absolute atomic E-state index is 0.208. The van der Waals surface area contributed by atoms with Crippen LogP contribution >= 0.6 is 10.2 Å². The maximum Gasteiger partial charge on any atom is 0.310 e. The molecule has 152 valence electrons. The van der Waals surface area contributed by atoms with Gasteiger partial charge >= 0.3 is 10.2 Å². The van der Waals surface area contributed by atoms with Gasteiger partial charge in [0.25, 0.3) is 5.78 Å². The average Bonchev–Trinajstić information content (AvgIpc) is 3.13. The summed E-state index contributed by atoms with van der Waals surface area (Å²) in [6.45, 7) is 3.78. The number of hydrogen-bond donors (Lipinski definition) is 1. The molecule has 0 spiro atoms. The number of anilines is 1. The molecule has 2 heterocycles. The van der Waals surface area contributed by atoms with Crippen LogP contribution in [-0.4, -0.2) is 19.6 Å². The third kappa shape index (κ3) is 3.50. The van der Waals surface area contributed by atoms with E-state index >= 15 is 0 Å². The van der Waals surface area contributed by atoms with E-state index in [1.54, 1.807) is 13.0 Å². The largest absolute Gasteiger partial charge is 0.362 e. The van der Waals surface area contributed by atoms with Crippen LogP contribution in [0.25, 0.3) is 5.78 Å². The predicted molar refractivity (Wildman–Crippen MR) is 97.1 cm³/mol. The Kier molecular flexibility index (Phi) is 3.47. The molecular weight excluding hydrogens is 401 g/mol. The highest BCUT2D eigenvalue weighted by molar-refractivity contribution is 8.45. The Hall–Kier alpha value is -2.43. The molecule has 0 unspecified atom stereocenters. The maximum absolute atomic E-state index is 13.0. The molecule has 1 fully saturated rings. The van der Waals surface area contributed by atoms with Gasteiger partial charge in [0.05, 0.1) is 6.04 Å². The molecule has 1 N–H and O–H groups in total. The highest BCUT2D eigenvalue weighted by Gasteiger charge is 2.65. The number of aryl methyl sites for hydroxylation is 1. The molecule has 1 atom stereocenters. The van der Waals surface area contributed by atoms with Gasteiger partial charge in [0, 0.05) is 11.8 Å². The zero-order valence-corrected chi connectivity index (χ0v) is 15.9. The lowest BCUT2D eigenvalue weighted by atomic mass is 9.91. The summed E-state index contributed by atoms with van der Waals surface area (Å²) in [6, 6.07) is 4.51. The van der Waals surface area contributed by atoms with E-state index in [4.69, 9.17) is 0 Å². The van der Waals surface area contributed by atoms with Gasteiger partial charge in [0.15, 0.2) is 0 Å². The third-order valence-corrected chi connectivity index (χ3v) is 6.23. The first-order valence-corrected chi connectivity index (χ1v) is 10.5. The fraction of sp³-hybridized carbons (Fsp3) is 0.353. The second-order valence-electron chi connectivity index (χ2n) is 7.52. The van der Waals surface area contributed by atoms with E-state index in [0.717, 1.165) is 25.0 Å². The van der Waals surface area contributed by atoms with Crippen LogP contribution in [0.3, 0.4) is 0 Å². The number of nitrogens with one attached hydrogen (secondary N) is 1. The van der Waals surface area contributed by atoms with Crippen LogP contribution in [0.15, 0.2) is 41.6 Å². The van der Waals surface area contributed by atoms with Crippen molar-refractivity contribution in [2.24, 2.45) is 5.41 Å². The third-order valence-electron chi connectivity index (χ3n) is 5.07. The minimum atomic E-state index is -9.69. The summed E-state index contributed by atoms with van der Waals surface area (Å²) >= 11 is 0. The van der Waals surface area contributed by atoms with Crippen LogP contribution in [0.1, 0.15) is 37.1 Å². The van der Waals surface area contributed by atoms with Gasteiger partial charge in [-0.2, -0.15) is 14.6 Å². The fourth-order valence-electron chi connectivity index (χ4n) is 3.24. The van der Waals surface area contributed by atoms with E-state index in [1.807, 2.05) is 6.92 Å². The monoisotopic (exact) mass is 419 g/mol. The topological polar surface area (TPSA) is 55.1 Å². The van der Waals surface area contributed by atoms with Gasteiger partial charge in [0.2, 0.25) is 0 Å². The molecule has 1 aromatic carbocycles. The zero-order chi connectivity index (χ0) is 20.4. The first kappa shape index (κ1) is 18.9. The molecule has 2 aromatic heterocycles. The Morgan fingerprint density at radius 1 is 1.11 bits per heavy atom. The van der Waals surface area contributed by atoms with Crippen molar-refractivity contribution in [2.45, 2.75) is 37.6 Å². The number of halogens is 5. The van der Waals surface area contributed by atoms with Crippen molar-refractivity contribution in [3.63, 3.8) is 0 Å². The molecule has 5 nitrogen and oxygen atoms in total. The second-order valence-corrected chi connectivity index (χ2v) is 9.93. The lowest BCUT2D eigenvalue weighted by Gasteiger charge is -2.40. The van der Waals surface area contributed by atoms with Crippen LogP contribution in [0.2, 0.25) is 0 Å². The van der Waals surface area contributed by atoms with Crippen molar-refractivity contribution >= 4 is 21.8 Å². The van der Waals surface area contributed by atoms with E-state index in [-0.39, 0.29) is 11.5 Å². The van der Waals surface area contributed by atoms with E-state index in [0.29, 0.717) is 35.0 Å². The summed E-state index contributed by atoms with van der Waals surface area (Å²) in [5.74, 6) is 0.966. The van der Waals surface area contributed by atoms with E-state index in [1.165, 1.54) is 10.8 Å². The number of fused-ring (bicyclic) bond motifs is 1. The molecule has 1 aliphatic carbocycles. The molecular formula is C17H18F5N5S.